The number of nitriles is 1. The van der Waals surface area contributed by atoms with Crippen LogP contribution in [0.2, 0.25) is 0 Å². The third-order valence-electron chi connectivity index (χ3n) is 4.16. The first-order valence-corrected chi connectivity index (χ1v) is 8.03. The van der Waals surface area contributed by atoms with Gasteiger partial charge in [0.25, 0.3) is 0 Å². The van der Waals surface area contributed by atoms with Gasteiger partial charge >= 0.3 is 0 Å². The summed E-state index contributed by atoms with van der Waals surface area (Å²) in [5.41, 5.74) is 0.279. The molecule has 1 aliphatic rings. The van der Waals surface area contributed by atoms with E-state index in [0.717, 1.165) is 18.9 Å². The predicted molar refractivity (Wildman–Crippen MR) is 90.7 cm³/mol. The van der Waals surface area contributed by atoms with Gasteiger partial charge in [0, 0.05) is 12.1 Å². The van der Waals surface area contributed by atoms with Crippen LogP contribution in [0.25, 0.3) is 0 Å². The molecule has 24 heavy (non-hydrogen) atoms. The number of rotatable bonds is 5. The molecule has 0 aliphatic carbocycles. The van der Waals surface area contributed by atoms with Gasteiger partial charge in [-0.2, -0.15) is 5.26 Å². The lowest BCUT2D eigenvalue weighted by atomic mass is 9.91. The molecule has 1 atom stereocenters. The Hall–Kier alpha value is -2.79. The average molecular weight is 324 g/mol. The molecule has 0 amide bonds. The monoisotopic (exact) mass is 324 g/mol. The number of aromatic nitrogens is 4. The Labute approximate surface area is 140 Å². The molecule has 0 bridgehead atoms. The van der Waals surface area contributed by atoms with Crippen molar-refractivity contribution in [2.24, 2.45) is 5.92 Å². The summed E-state index contributed by atoms with van der Waals surface area (Å²) in [5, 5.41) is 18.6. The summed E-state index contributed by atoms with van der Waals surface area (Å²) in [4.78, 5) is 16.6. The maximum atomic E-state index is 8.74. The van der Waals surface area contributed by atoms with Crippen LogP contribution in [0.1, 0.15) is 25.5 Å². The molecule has 124 valence electrons. The average Bonchev–Trinajstić information content (AvgIpc) is 2.63. The Balaban J connectivity index is 1.63. The van der Waals surface area contributed by atoms with Gasteiger partial charge in [-0.3, -0.25) is 0 Å². The zero-order valence-electron chi connectivity index (χ0n) is 13.5. The number of anilines is 3. The van der Waals surface area contributed by atoms with E-state index in [-0.39, 0.29) is 5.69 Å². The lowest BCUT2D eigenvalue weighted by Gasteiger charge is -2.29. The molecular weight excluding hydrogens is 304 g/mol. The zero-order valence-corrected chi connectivity index (χ0v) is 13.5. The van der Waals surface area contributed by atoms with Crippen LogP contribution in [-0.4, -0.2) is 39.1 Å². The lowest BCUT2D eigenvalue weighted by molar-refractivity contribution is 0.342. The molecule has 1 fully saturated rings. The van der Waals surface area contributed by atoms with Crippen LogP contribution in [0, 0.1) is 17.2 Å². The van der Waals surface area contributed by atoms with Crippen molar-refractivity contribution in [1.82, 2.24) is 25.3 Å². The van der Waals surface area contributed by atoms with Crippen LogP contribution in [0.4, 0.5) is 17.5 Å². The van der Waals surface area contributed by atoms with Gasteiger partial charge in [0.1, 0.15) is 29.9 Å². The van der Waals surface area contributed by atoms with Crippen LogP contribution in [0.15, 0.2) is 24.8 Å². The molecule has 8 heteroatoms. The van der Waals surface area contributed by atoms with Crippen molar-refractivity contribution >= 4 is 17.5 Å². The van der Waals surface area contributed by atoms with Crippen molar-refractivity contribution in [3.8, 4) is 6.07 Å². The van der Waals surface area contributed by atoms with Crippen molar-refractivity contribution in [3.63, 3.8) is 0 Å². The molecule has 3 rings (SSSR count). The predicted octanol–water partition coefficient (Wildman–Crippen LogP) is 1.68. The largest absolute Gasteiger partial charge is 0.367 e. The third kappa shape index (κ3) is 4.14. The Morgan fingerprint density at radius 1 is 1.12 bits per heavy atom. The lowest BCUT2D eigenvalue weighted by Crippen LogP contribution is -2.36. The number of nitrogens with zero attached hydrogens (tertiary/aromatic N) is 5. The van der Waals surface area contributed by atoms with E-state index in [1.807, 2.05) is 12.1 Å². The van der Waals surface area contributed by atoms with Crippen molar-refractivity contribution in [1.29, 1.82) is 5.26 Å². The molecule has 3 N–H and O–H groups in total. The highest BCUT2D eigenvalue weighted by atomic mass is 15.1. The van der Waals surface area contributed by atoms with E-state index in [1.54, 1.807) is 0 Å². The van der Waals surface area contributed by atoms with Crippen LogP contribution >= 0.6 is 0 Å². The number of hydrogen-bond acceptors (Lipinski definition) is 8. The molecule has 2 aromatic rings. The summed E-state index contributed by atoms with van der Waals surface area (Å²) in [5.74, 6) is 2.58. The van der Waals surface area contributed by atoms with Gasteiger partial charge in [-0.05, 0) is 38.8 Å². The highest BCUT2D eigenvalue weighted by Crippen LogP contribution is 2.20. The van der Waals surface area contributed by atoms with E-state index in [2.05, 4.69) is 42.8 Å². The van der Waals surface area contributed by atoms with Crippen molar-refractivity contribution < 1.29 is 0 Å². The van der Waals surface area contributed by atoms with Gasteiger partial charge in [0.15, 0.2) is 5.69 Å². The molecule has 1 saturated heterocycles. The van der Waals surface area contributed by atoms with Crippen molar-refractivity contribution in [3.05, 3.63) is 30.5 Å². The minimum Gasteiger partial charge on any atom is -0.367 e. The third-order valence-corrected chi connectivity index (χ3v) is 4.16. The maximum Gasteiger partial charge on any atom is 0.158 e. The fourth-order valence-electron chi connectivity index (χ4n) is 2.78. The minimum absolute atomic E-state index is 0.279. The topological polar surface area (TPSA) is 111 Å². The quantitative estimate of drug-likeness (QED) is 0.761. The van der Waals surface area contributed by atoms with Gasteiger partial charge in [-0.15, -0.1) is 0 Å². The zero-order chi connectivity index (χ0) is 16.8. The van der Waals surface area contributed by atoms with E-state index in [0.29, 0.717) is 23.6 Å². The Bertz CT molecular complexity index is 703. The van der Waals surface area contributed by atoms with Crippen LogP contribution in [0.5, 0.6) is 0 Å². The SMILES string of the molecule is C[C@@H](Nc1cc(Nc2cnc(C#N)cn2)ncn1)C1CCNCC1. The summed E-state index contributed by atoms with van der Waals surface area (Å²) >= 11 is 0. The smallest absolute Gasteiger partial charge is 0.158 e. The second-order valence-corrected chi connectivity index (χ2v) is 5.83. The maximum absolute atomic E-state index is 8.74. The van der Waals surface area contributed by atoms with E-state index < -0.39 is 0 Å². The van der Waals surface area contributed by atoms with Crippen LogP contribution < -0.4 is 16.0 Å². The van der Waals surface area contributed by atoms with E-state index >= 15 is 0 Å². The highest BCUT2D eigenvalue weighted by molar-refractivity contribution is 5.55. The number of hydrogen-bond donors (Lipinski definition) is 3. The van der Waals surface area contributed by atoms with E-state index in [4.69, 9.17) is 5.26 Å². The second kappa shape index (κ2) is 7.66. The molecule has 0 radical (unpaired) electrons. The summed E-state index contributed by atoms with van der Waals surface area (Å²) < 4.78 is 0. The first-order chi connectivity index (χ1) is 11.7. The highest BCUT2D eigenvalue weighted by Gasteiger charge is 2.20. The molecule has 0 saturated carbocycles. The van der Waals surface area contributed by atoms with E-state index in [9.17, 15) is 0 Å². The second-order valence-electron chi connectivity index (χ2n) is 5.83. The van der Waals surface area contributed by atoms with E-state index in [1.165, 1.54) is 31.6 Å². The first kappa shape index (κ1) is 16.1. The fraction of sp³-hybridized carbons (Fsp3) is 0.438. The Morgan fingerprint density at radius 3 is 2.62 bits per heavy atom. The Kier molecular flexibility index (Phi) is 5.13. The van der Waals surface area contributed by atoms with Gasteiger partial charge in [0.05, 0.1) is 12.4 Å². The summed E-state index contributed by atoms with van der Waals surface area (Å²) in [6, 6.07) is 4.13. The fourth-order valence-corrected chi connectivity index (χ4v) is 2.78. The van der Waals surface area contributed by atoms with Gasteiger partial charge in [0.2, 0.25) is 0 Å². The van der Waals surface area contributed by atoms with Crippen LogP contribution in [0.3, 0.4) is 0 Å². The molecule has 0 aromatic carbocycles. The standard InChI is InChI=1S/C16H20N8/c1-11(12-2-4-18-5-3-12)23-14-6-15(22-10-21-14)24-16-9-19-13(7-17)8-20-16/h6,8-12,18H,2-5H2,1H3,(H2,20,21,22,23,24)/t11-/m1/s1. The summed E-state index contributed by atoms with van der Waals surface area (Å²) in [7, 11) is 0. The molecule has 1 aliphatic heterocycles. The van der Waals surface area contributed by atoms with Gasteiger partial charge in [-0.25, -0.2) is 19.9 Å². The molecule has 0 spiro atoms. The minimum atomic E-state index is 0.279. The molecule has 0 unspecified atom stereocenters. The number of piperidine rings is 1. The Morgan fingerprint density at radius 2 is 1.92 bits per heavy atom. The van der Waals surface area contributed by atoms with Crippen molar-refractivity contribution in [2.75, 3.05) is 23.7 Å². The molecule has 3 heterocycles. The molecule has 2 aromatic heterocycles. The summed E-state index contributed by atoms with van der Waals surface area (Å²) in [6.45, 7) is 4.34. The van der Waals surface area contributed by atoms with Crippen LogP contribution in [-0.2, 0) is 0 Å². The molecular formula is C16H20N8. The molecule has 8 nitrogen and oxygen atoms in total. The van der Waals surface area contributed by atoms with Gasteiger partial charge < -0.3 is 16.0 Å². The van der Waals surface area contributed by atoms with Crippen molar-refractivity contribution in [2.45, 2.75) is 25.8 Å². The first-order valence-electron chi connectivity index (χ1n) is 8.03. The van der Waals surface area contributed by atoms with Gasteiger partial charge in [-0.1, -0.05) is 0 Å². The normalized spacial score (nSPS) is 16.2. The summed E-state index contributed by atoms with van der Waals surface area (Å²) in [6.07, 6.45) is 6.78. The number of nitrogens with one attached hydrogen (secondary N) is 3.